The average Bonchev–Trinajstić information content (AvgIpc) is 2.88. The van der Waals surface area contributed by atoms with E-state index in [9.17, 15) is 0 Å². The van der Waals surface area contributed by atoms with Crippen molar-refractivity contribution in [3.8, 4) is 22.3 Å². The Hall–Kier alpha value is -0.590. The van der Waals surface area contributed by atoms with Gasteiger partial charge in [0.25, 0.3) is 0 Å². The maximum atomic E-state index is 2.27. The fourth-order valence-corrected chi connectivity index (χ4v) is 11.8. The lowest BCUT2D eigenvalue weighted by atomic mass is 10.00. The van der Waals surface area contributed by atoms with Gasteiger partial charge >= 0.3 is 0 Å². The Labute approximate surface area is 155 Å². The third-order valence-electron chi connectivity index (χ3n) is 3.57. The first-order valence-electron chi connectivity index (χ1n) is 7.06. The standard InChI is InChI=1S/C18H12S5/c1-3-7-13(8-4-1)15-11-12-16(14-9-5-2-6-10-14)18-17(15)19-21-23-22-20-18/h1-12H. The topological polar surface area (TPSA) is 0 Å². The SMILES string of the molecule is c1ccc(-c2ccc(-c3ccccc3)c3c2SSSSS3)cc1. The smallest absolute Gasteiger partial charge is 0.0421 e. The molecule has 0 atom stereocenters. The normalized spacial score (nSPS) is 14.1. The van der Waals surface area contributed by atoms with E-state index in [-0.39, 0.29) is 0 Å². The molecule has 1 aliphatic rings. The highest BCUT2D eigenvalue weighted by molar-refractivity contribution is 9.36. The van der Waals surface area contributed by atoms with Crippen molar-refractivity contribution in [2.45, 2.75) is 9.79 Å². The lowest BCUT2D eigenvalue weighted by molar-refractivity contribution is 1.27. The largest absolute Gasteiger partial charge is 0.0622 e. The molecule has 0 fully saturated rings. The molecule has 4 rings (SSSR count). The summed E-state index contributed by atoms with van der Waals surface area (Å²) >= 11 is 0. The minimum Gasteiger partial charge on any atom is -0.0622 e. The number of fused-ring (bicyclic) bond motifs is 1. The van der Waals surface area contributed by atoms with Gasteiger partial charge in [-0.2, -0.15) is 0 Å². The van der Waals surface area contributed by atoms with E-state index >= 15 is 0 Å². The molecule has 0 aromatic heterocycles. The number of hydrogen-bond acceptors (Lipinski definition) is 5. The molecule has 0 radical (unpaired) electrons. The second-order valence-corrected chi connectivity index (χ2v) is 12.4. The van der Waals surface area contributed by atoms with Crippen LogP contribution < -0.4 is 0 Å². The van der Waals surface area contributed by atoms with Crippen LogP contribution in [0.2, 0.25) is 0 Å². The molecule has 3 aromatic carbocycles. The minimum absolute atomic E-state index is 1.29. The van der Waals surface area contributed by atoms with Crippen LogP contribution in [-0.4, -0.2) is 0 Å². The van der Waals surface area contributed by atoms with E-state index in [1.165, 1.54) is 32.0 Å². The first-order chi connectivity index (χ1) is 11.4. The summed E-state index contributed by atoms with van der Waals surface area (Å²) in [6, 6.07) is 25.9. The molecule has 0 amide bonds. The van der Waals surface area contributed by atoms with Crippen molar-refractivity contribution in [3.63, 3.8) is 0 Å². The first kappa shape index (κ1) is 15.9. The molecule has 0 bridgehead atoms. The molecular formula is C18H12S5. The highest BCUT2D eigenvalue weighted by Gasteiger charge is 2.20. The van der Waals surface area contributed by atoms with E-state index in [1.54, 1.807) is 0 Å². The second kappa shape index (κ2) is 7.53. The van der Waals surface area contributed by atoms with Gasteiger partial charge in [0, 0.05) is 9.79 Å². The summed E-state index contributed by atoms with van der Waals surface area (Å²) in [4.78, 5) is 2.76. The van der Waals surface area contributed by atoms with Crippen molar-refractivity contribution in [2.24, 2.45) is 0 Å². The Kier molecular flexibility index (Phi) is 5.21. The van der Waals surface area contributed by atoms with Gasteiger partial charge in [-0.25, -0.2) is 0 Å². The van der Waals surface area contributed by atoms with Gasteiger partial charge in [-0.3, -0.25) is 0 Å². The molecule has 0 nitrogen and oxygen atoms in total. The van der Waals surface area contributed by atoms with Gasteiger partial charge in [0.05, 0.1) is 0 Å². The summed E-state index contributed by atoms with van der Waals surface area (Å²) in [5.74, 6) is 0. The molecule has 1 heterocycles. The molecule has 3 aromatic rings. The molecule has 23 heavy (non-hydrogen) atoms. The van der Waals surface area contributed by atoms with Crippen LogP contribution in [0.15, 0.2) is 82.6 Å². The fraction of sp³-hybridized carbons (Fsp3) is 0. The monoisotopic (exact) mass is 388 g/mol. The summed E-state index contributed by atoms with van der Waals surface area (Å²) in [6.07, 6.45) is 0. The van der Waals surface area contributed by atoms with Crippen molar-refractivity contribution >= 4 is 51.1 Å². The predicted molar refractivity (Wildman–Crippen MR) is 112 cm³/mol. The third-order valence-corrected chi connectivity index (χ3v) is 12.1. The third kappa shape index (κ3) is 3.44. The molecule has 0 N–H and O–H groups in total. The maximum absolute atomic E-state index is 2.27. The zero-order chi connectivity index (χ0) is 15.5. The van der Waals surface area contributed by atoms with Crippen LogP contribution in [0.4, 0.5) is 0 Å². The number of hydrogen-bond donors (Lipinski definition) is 0. The zero-order valence-corrected chi connectivity index (χ0v) is 16.1. The summed E-state index contributed by atoms with van der Waals surface area (Å²) in [5.41, 5.74) is 5.23. The molecule has 1 aliphatic heterocycles. The quantitative estimate of drug-likeness (QED) is 0.406. The van der Waals surface area contributed by atoms with Crippen molar-refractivity contribution in [1.29, 1.82) is 0 Å². The lowest BCUT2D eigenvalue weighted by Gasteiger charge is -2.15. The van der Waals surface area contributed by atoms with Crippen molar-refractivity contribution in [3.05, 3.63) is 72.8 Å². The van der Waals surface area contributed by atoms with E-state index in [4.69, 9.17) is 0 Å². The molecular weight excluding hydrogens is 377 g/mol. The molecule has 5 heteroatoms. The Morgan fingerprint density at radius 2 is 0.870 bits per heavy atom. The van der Waals surface area contributed by atoms with Crippen molar-refractivity contribution in [1.82, 2.24) is 0 Å². The molecule has 114 valence electrons. The summed E-state index contributed by atoms with van der Waals surface area (Å²) in [6.45, 7) is 0. The molecule has 0 saturated heterocycles. The zero-order valence-electron chi connectivity index (χ0n) is 12.0. The van der Waals surface area contributed by atoms with Crippen LogP contribution in [0.25, 0.3) is 22.3 Å². The highest BCUT2D eigenvalue weighted by Crippen LogP contribution is 2.62. The van der Waals surface area contributed by atoms with Crippen LogP contribution in [0.5, 0.6) is 0 Å². The maximum Gasteiger partial charge on any atom is 0.0421 e. The van der Waals surface area contributed by atoms with Gasteiger partial charge < -0.3 is 0 Å². The van der Waals surface area contributed by atoms with E-state index in [1.807, 2.05) is 51.1 Å². The van der Waals surface area contributed by atoms with Crippen LogP contribution in [0.3, 0.4) is 0 Å². The fourth-order valence-electron chi connectivity index (χ4n) is 2.53. The summed E-state index contributed by atoms with van der Waals surface area (Å²) in [5, 5.41) is 0. The van der Waals surface area contributed by atoms with Gasteiger partial charge in [-0.15, -0.1) is 0 Å². The first-order valence-corrected chi connectivity index (χ1v) is 13.2. The lowest BCUT2D eigenvalue weighted by Crippen LogP contribution is -1.88. The van der Waals surface area contributed by atoms with Crippen molar-refractivity contribution < 1.29 is 0 Å². The highest BCUT2D eigenvalue weighted by atomic mass is 33.8. The Morgan fingerprint density at radius 3 is 1.30 bits per heavy atom. The van der Waals surface area contributed by atoms with Gasteiger partial charge in [-0.05, 0) is 73.3 Å². The van der Waals surface area contributed by atoms with Gasteiger partial charge in [0.15, 0.2) is 0 Å². The Balaban J connectivity index is 1.91. The predicted octanol–water partition coefficient (Wildman–Crippen LogP) is 8.08. The number of rotatable bonds is 2. The van der Waals surface area contributed by atoms with E-state index in [0.717, 1.165) is 0 Å². The van der Waals surface area contributed by atoms with Gasteiger partial charge in [0.1, 0.15) is 0 Å². The van der Waals surface area contributed by atoms with E-state index < -0.39 is 0 Å². The van der Waals surface area contributed by atoms with Crippen LogP contribution in [0.1, 0.15) is 0 Å². The molecule has 0 saturated carbocycles. The van der Waals surface area contributed by atoms with Crippen LogP contribution in [-0.2, 0) is 0 Å². The van der Waals surface area contributed by atoms with E-state index in [2.05, 4.69) is 72.8 Å². The molecule has 0 spiro atoms. The Morgan fingerprint density at radius 1 is 0.435 bits per heavy atom. The van der Waals surface area contributed by atoms with Crippen LogP contribution >= 0.6 is 51.1 Å². The Bertz CT molecular complexity index is 734. The minimum atomic E-state index is 1.29. The summed E-state index contributed by atoms with van der Waals surface area (Å²) in [7, 11) is 9.29. The molecule has 0 unspecified atom stereocenters. The average molecular weight is 389 g/mol. The number of benzene rings is 3. The van der Waals surface area contributed by atoms with Gasteiger partial charge in [-0.1, -0.05) is 72.8 Å². The van der Waals surface area contributed by atoms with Crippen LogP contribution in [0, 0.1) is 0 Å². The van der Waals surface area contributed by atoms with Crippen molar-refractivity contribution in [2.75, 3.05) is 0 Å². The van der Waals surface area contributed by atoms with E-state index in [0.29, 0.717) is 0 Å². The van der Waals surface area contributed by atoms with Gasteiger partial charge in [0.2, 0.25) is 0 Å². The second-order valence-electron chi connectivity index (χ2n) is 4.92. The summed E-state index contributed by atoms with van der Waals surface area (Å²) < 4.78 is 0. The molecule has 0 aliphatic carbocycles.